The highest BCUT2D eigenvalue weighted by atomic mass is 16.7. The van der Waals surface area contributed by atoms with Crippen molar-refractivity contribution in [2.24, 2.45) is 5.73 Å². The highest BCUT2D eigenvalue weighted by Gasteiger charge is 2.80. The van der Waals surface area contributed by atoms with Gasteiger partial charge in [0.25, 0.3) is 11.5 Å². The summed E-state index contributed by atoms with van der Waals surface area (Å²) in [7, 11) is 0. The fourth-order valence-corrected chi connectivity index (χ4v) is 2.92. The van der Waals surface area contributed by atoms with Gasteiger partial charge in [0.15, 0.2) is 0 Å². The number of carboxylic acid groups (broad SMARTS) is 1. The number of epoxide rings is 1. The number of benzene rings is 2. The number of primary amides is 1. The van der Waals surface area contributed by atoms with Crippen LogP contribution in [0.4, 0.5) is 0 Å². The summed E-state index contributed by atoms with van der Waals surface area (Å²) in [5.74, 6) is -2.35. The van der Waals surface area contributed by atoms with E-state index in [1.807, 2.05) is 36.4 Å². The molecule has 1 saturated heterocycles. The van der Waals surface area contributed by atoms with Crippen LogP contribution in [-0.4, -0.2) is 22.6 Å². The maximum Gasteiger partial charge on any atom is 0.349 e. The Hall–Kier alpha value is -2.66. The number of aliphatic carboxylic acids is 1. The number of carbonyl (C=O) groups is 2. The van der Waals surface area contributed by atoms with Gasteiger partial charge < -0.3 is 15.6 Å². The van der Waals surface area contributed by atoms with Gasteiger partial charge in [0.05, 0.1) is 0 Å². The minimum Gasteiger partial charge on any atom is -0.479 e. The molecule has 1 heterocycles. The Bertz CT molecular complexity index is 700. The van der Waals surface area contributed by atoms with Crippen LogP contribution in [0.25, 0.3) is 0 Å². The normalized spacial score (nSPS) is 26.4. The standard InChI is InChI=1S/C17H15NO4/c18-14(19)17(15(20)21)16(22-17,13-9-5-2-6-10-13)11-12-7-3-1-4-8-12/h1-10H,11H2,(H2,18,19)(H,20,21). The molecule has 22 heavy (non-hydrogen) atoms. The Labute approximate surface area is 127 Å². The highest BCUT2D eigenvalue weighted by Crippen LogP contribution is 2.57. The molecule has 1 aliphatic heterocycles. The summed E-state index contributed by atoms with van der Waals surface area (Å²) in [6, 6.07) is 18.1. The van der Waals surface area contributed by atoms with Crippen molar-refractivity contribution in [3.63, 3.8) is 0 Å². The van der Waals surface area contributed by atoms with Gasteiger partial charge in [-0.15, -0.1) is 0 Å². The molecular weight excluding hydrogens is 282 g/mol. The van der Waals surface area contributed by atoms with Gasteiger partial charge in [0.2, 0.25) is 0 Å². The molecule has 1 aliphatic rings. The average molecular weight is 297 g/mol. The number of nitrogens with two attached hydrogens (primary N) is 1. The maximum absolute atomic E-state index is 11.8. The summed E-state index contributed by atoms with van der Waals surface area (Å²) >= 11 is 0. The number of carbonyl (C=O) groups excluding carboxylic acids is 1. The van der Waals surface area contributed by atoms with E-state index >= 15 is 0 Å². The second-order valence-corrected chi connectivity index (χ2v) is 5.31. The van der Waals surface area contributed by atoms with E-state index in [0.717, 1.165) is 5.56 Å². The van der Waals surface area contributed by atoms with E-state index in [1.54, 1.807) is 24.3 Å². The molecule has 3 N–H and O–H groups in total. The zero-order valence-electron chi connectivity index (χ0n) is 11.7. The summed E-state index contributed by atoms with van der Waals surface area (Å²) in [5, 5.41) is 9.52. The maximum atomic E-state index is 11.8. The van der Waals surface area contributed by atoms with Gasteiger partial charge in [-0.3, -0.25) is 4.79 Å². The molecule has 2 aromatic carbocycles. The molecule has 0 aromatic heterocycles. The smallest absolute Gasteiger partial charge is 0.349 e. The van der Waals surface area contributed by atoms with E-state index in [1.165, 1.54) is 0 Å². The SMILES string of the molecule is NC(=O)C1(C(=O)O)OC1(Cc1ccccc1)c1ccccc1. The summed E-state index contributed by atoms with van der Waals surface area (Å²) in [6.45, 7) is 0. The molecule has 2 aromatic rings. The first-order valence-electron chi connectivity index (χ1n) is 6.86. The second kappa shape index (κ2) is 4.96. The topological polar surface area (TPSA) is 92.9 Å². The molecule has 0 saturated carbocycles. The van der Waals surface area contributed by atoms with Crippen molar-refractivity contribution in [3.8, 4) is 0 Å². The summed E-state index contributed by atoms with van der Waals surface area (Å²) in [4.78, 5) is 23.5. The summed E-state index contributed by atoms with van der Waals surface area (Å²) < 4.78 is 5.53. The van der Waals surface area contributed by atoms with E-state index in [-0.39, 0.29) is 6.42 Å². The zero-order chi connectivity index (χ0) is 15.8. The van der Waals surface area contributed by atoms with E-state index in [4.69, 9.17) is 10.5 Å². The van der Waals surface area contributed by atoms with Crippen LogP contribution in [0.3, 0.4) is 0 Å². The van der Waals surface area contributed by atoms with Crippen molar-refractivity contribution in [2.45, 2.75) is 17.6 Å². The van der Waals surface area contributed by atoms with Crippen molar-refractivity contribution in [3.05, 3.63) is 71.8 Å². The van der Waals surface area contributed by atoms with Crippen molar-refractivity contribution in [2.75, 3.05) is 0 Å². The quantitative estimate of drug-likeness (QED) is 0.645. The van der Waals surface area contributed by atoms with E-state index in [9.17, 15) is 14.7 Å². The molecule has 1 amide bonds. The highest BCUT2D eigenvalue weighted by molar-refractivity contribution is 6.09. The van der Waals surface area contributed by atoms with Crippen LogP contribution in [0, 0.1) is 0 Å². The molecule has 5 heteroatoms. The van der Waals surface area contributed by atoms with Gasteiger partial charge in [-0.25, -0.2) is 4.79 Å². The lowest BCUT2D eigenvalue weighted by Crippen LogP contribution is -2.45. The molecule has 5 nitrogen and oxygen atoms in total. The lowest BCUT2D eigenvalue weighted by Gasteiger charge is -2.16. The van der Waals surface area contributed by atoms with Crippen molar-refractivity contribution >= 4 is 11.9 Å². The molecule has 0 bridgehead atoms. The Morgan fingerprint density at radius 2 is 1.55 bits per heavy atom. The van der Waals surface area contributed by atoms with Crippen LogP contribution >= 0.6 is 0 Å². The van der Waals surface area contributed by atoms with Gasteiger partial charge >= 0.3 is 5.97 Å². The van der Waals surface area contributed by atoms with E-state index in [2.05, 4.69) is 0 Å². The van der Waals surface area contributed by atoms with Crippen molar-refractivity contribution in [1.82, 2.24) is 0 Å². The third kappa shape index (κ3) is 1.90. The lowest BCUT2D eigenvalue weighted by atomic mass is 9.81. The second-order valence-electron chi connectivity index (χ2n) is 5.31. The van der Waals surface area contributed by atoms with E-state index < -0.39 is 23.1 Å². The largest absolute Gasteiger partial charge is 0.479 e. The molecule has 2 atom stereocenters. The molecule has 1 fully saturated rings. The third-order valence-corrected chi connectivity index (χ3v) is 4.04. The fourth-order valence-electron chi connectivity index (χ4n) is 2.92. The minimum atomic E-state index is -2.02. The van der Waals surface area contributed by atoms with Crippen LogP contribution in [0.15, 0.2) is 60.7 Å². The summed E-state index contributed by atoms with van der Waals surface area (Å²) in [6.07, 6.45) is 0.257. The first-order chi connectivity index (χ1) is 10.5. The zero-order valence-corrected chi connectivity index (χ0v) is 11.7. The predicted molar refractivity (Wildman–Crippen MR) is 78.9 cm³/mol. The van der Waals surface area contributed by atoms with Gasteiger partial charge in [-0.2, -0.15) is 0 Å². The Morgan fingerprint density at radius 1 is 1.00 bits per heavy atom. The first-order valence-corrected chi connectivity index (χ1v) is 6.86. The molecule has 0 radical (unpaired) electrons. The molecule has 0 spiro atoms. The third-order valence-electron chi connectivity index (χ3n) is 4.04. The van der Waals surface area contributed by atoms with Crippen molar-refractivity contribution < 1.29 is 19.4 Å². The number of ether oxygens (including phenoxy) is 1. The molecular formula is C17H15NO4. The van der Waals surface area contributed by atoms with Crippen LogP contribution in [0.2, 0.25) is 0 Å². The molecule has 0 aliphatic carbocycles. The molecule has 112 valence electrons. The predicted octanol–water partition coefficient (Wildman–Crippen LogP) is 1.46. The van der Waals surface area contributed by atoms with Crippen LogP contribution < -0.4 is 5.73 Å². The van der Waals surface area contributed by atoms with Crippen LogP contribution in [0.5, 0.6) is 0 Å². The van der Waals surface area contributed by atoms with Crippen LogP contribution in [0.1, 0.15) is 11.1 Å². The average Bonchev–Trinajstić information content (AvgIpc) is 3.21. The van der Waals surface area contributed by atoms with Gasteiger partial charge in [0, 0.05) is 6.42 Å². The number of hydrogen-bond donors (Lipinski definition) is 2. The molecule has 2 unspecified atom stereocenters. The minimum absolute atomic E-state index is 0.257. The van der Waals surface area contributed by atoms with Gasteiger partial charge in [-0.05, 0) is 11.1 Å². The summed E-state index contributed by atoms with van der Waals surface area (Å²) in [5.41, 5.74) is 3.56. The van der Waals surface area contributed by atoms with Crippen molar-refractivity contribution in [1.29, 1.82) is 0 Å². The van der Waals surface area contributed by atoms with Gasteiger partial charge in [-0.1, -0.05) is 60.7 Å². The Morgan fingerprint density at radius 3 is 2.00 bits per heavy atom. The van der Waals surface area contributed by atoms with E-state index in [0.29, 0.717) is 5.56 Å². The Balaban J connectivity index is 2.10. The van der Waals surface area contributed by atoms with Crippen LogP contribution in [-0.2, 0) is 26.3 Å². The monoisotopic (exact) mass is 297 g/mol. The Kier molecular flexibility index (Phi) is 3.22. The molecule has 3 rings (SSSR count). The number of hydrogen-bond acceptors (Lipinski definition) is 3. The number of carboxylic acids is 1. The fraction of sp³-hybridized carbons (Fsp3) is 0.176. The van der Waals surface area contributed by atoms with Gasteiger partial charge in [0.1, 0.15) is 5.60 Å². The first kappa shape index (κ1) is 14.3. The lowest BCUT2D eigenvalue weighted by molar-refractivity contribution is -0.147. The number of amides is 1. The number of rotatable bonds is 5.